The minimum absolute atomic E-state index is 0.0291. The van der Waals surface area contributed by atoms with Crippen LogP contribution in [0.25, 0.3) is 16.3 Å². The van der Waals surface area contributed by atoms with Crippen molar-refractivity contribution >= 4 is 17.3 Å². The first kappa shape index (κ1) is 17.9. The lowest BCUT2D eigenvalue weighted by atomic mass is 10.2. The fourth-order valence-electron chi connectivity index (χ4n) is 2.61. The van der Waals surface area contributed by atoms with Gasteiger partial charge >= 0.3 is 5.97 Å². The first-order chi connectivity index (χ1) is 13.6. The Morgan fingerprint density at radius 1 is 1.07 bits per heavy atom. The zero-order chi connectivity index (χ0) is 19.5. The molecule has 3 heterocycles. The number of carbonyl (C=O) groups excluding carboxylic acids is 1. The number of hydrogen-bond donors (Lipinski definition) is 0. The maximum absolute atomic E-state index is 12.3. The van der Waals surface area contributed by atoms with Crippen molar-refractivity contribution in [2.45, 2.75) is 20.5 Å². The molecule has 4 rings (SSSR count). The quantitative estimate of drug-likeness (QED) is 0.481. The van der Waals surface area contributed by atoms with Crippen LogP contribution in [0.4, 0.5) is 0 Å². The molecule has 3 aromatic heterocycles. The molecule has 0 saturated carbocycles. The molecule has 28 heavy (non-hydrogen) atoms. The summed E-state index contributed by atoms with van der Waals surface area (Å²) in [7, 11) is 0. The molecular weight excluding hydrogens is 376 g/mol. The van der Waals surface area contributed by atoms with Crippen LogP contribution in [0.1, 0.15) is 26.9 Å². The number of rotatable bonds is 5. The molecular formula is C19H16N6O2S. The molecule has 0 bridgehead atoms. The van der Waals surface area contributed by atoms with E-state index in [4.69, 9.17) is 4.74 Å². The Hall–Kier alpha value is -3.46. The van der Waals surface area contributed by atoms with Gasteiger partial charge in [-0.3, -0.25) is 4.98 Å². The molecule has 0 fully saturated rings. The molecule has 140 valence electrons. The highest BCUT2D eigenvalue weighted by Crippen LogP contribution is 2.23. The van der Waals surface area contributed by atoms with Gasteiger partial charge in [-0.2, -0.15) is 0 Å². The summed E-state index contributed by atoms with van der Waals surface area (Å²) in [5.41, 5.74) is 3.56. The number of carbonyl (C=O) groups is 1. The molecule has 0 amide bonds. The van der Waals surface area contributed by atoms with Gasteiger partial charge in [-0.25, -0.2) is 9.48 Å². The van der Waals surface area contributed by atoms with E-state index in [0.717, 1.165) is 27.6 Å². The van der Waals surface area contributed by atoms with Crippen LogP contribution in [0.2, 0.25) is 0 Å². The normalized spacial score (nSPS) is 10.8. The van der Waals surface area contributed by atoms with Gasteiger partial charge in [-0.1, -0.05) is 46.9 Å². The maximum Gasteiger partial charge on any atom is 0.360 e. The molecule has 0 N–H and O–H groups in total. The van der Waals surface area contributed by atoms with Crippen LogP contribution < -0.4 is 0 Å². The molecule has 1 aromatic carbocycles. The molecule has 0 spiro atoms. The summed E-state index contributed by atoms with van der Waals surface area (Å²) in [5, 5.41) is 17.5. The van der Waals surface area contributed by atoms with Gasteiger partial charge in [0.15, 0.2) is 10.7 Å². The first-order valence-corrected chi connectivity index (χ1v) is 9.34. The second kappa shape index (κ2) is 7.65. The van der Waals surface area contributed by atoms with E-state index in [-0.39, 0.29) is 12.3 Å². The highest BCUT2D eigenvalue weighted by molar-refractivity contribution is 7.14. The van der Waals surface area contributed by atoms with Crippen molar-refractivity contribution in [2.75, 3.05) is 0 Å². The molecule has 9 heteroatoms. The van der Waals surface area contributed by atoms with Crippen LogP contribution in [0.15, 0.2) is 48.7 Å². The second-order valence-corrected chi connectivity index (χ2v) is 7.11. The van der Waals surface area contributed by atoms with Crippen molar-refractivity contribution in [3.8, 4) is 16.3 Å². The zero-order valence-corrected chi connectivity index (χ0v) is 16.1. The van der Waals surface area contributed by atoms with Gasteiger partial charge in [0.25, 0.3) is 0 Å². The monoisotopic (exact) mass is 392 g/mol. The van der Waals surface area contributed by atoms with E-state index >= 15 is 0 Å². The summed E-state index contributed by atoms with van der Waals surface area (Å²) in [6, 6.07) is 13.5. The second-order valence-electron chi connectivity index (χ2n) is 6.05. The third kappa shape index (κ3) is 3.79. The fraction of sp³-hybridized carbons (Fsp3) is 0.158. The predicted octanol–water partition coefficient (Wildman–Crippen LogP) is 3.15. The minimum atomic E-state index is -0.569. The Labute approximate surface area is 164 Å². The van der Waals surface area contributed by atoms with Crippen molar-refractivity contribution in [2.24, 2.45) is 0 Å². The van der Waals surface area contributed by atoms with Crippen molar-refractivity contribution in [1.29, 1.82) is 0 Å². The maximum atomic E-state index is 12.3. The Balaban J connectivity index is 1.42. The van der Waals surface area contributed by atoms with Gasteiger partial charge < -0.3 is 4.74 Å². The van der Waals surface area contributed by atoms with Crippen molar-refractivity contribution in [3.05, 3.63) is 70.8 Å². The van der Waals surface area contributed by atoms with E-state index in [1.54, 1.807) is 0 Å². The lowest BCUT2D eigenvalue weighted by molar-refractivity contribution is 0.0464. The summed E-state index contributed by atoms with van der Waals surface area (Å²) in [6.07, 6.45) is 1.52. The zero-order valence-electron chi connectivity index (χ0n) is 15.2. The number of nitrogens with zero attached hydrogens (tertiary/aromatic N) is 6. The fourth-order valence-corrected chi connectivity index (χ4v) is 3.37. The Morgan fingerprint density at radius 2 is 1.89 bits per heavy atom. The average Bonchev–Trinajstić information content (AvgIpc) is 3.37. The van der Waals surface area contributed by atoms with Gasteiger partial charge in [-0.05, 0) is 26.0 Å². The van der Waals surface area contributed by atoms with E-state index in [1.165, 1.54) is 22.2 Å². The number of ether oxygens (including phenoxy) is 1. The van der Waals surface area contributed by atoms with Gasteiger partial charge in [-0.15, -0.1) is 15.3 Å². The summed E-state index contributed by atoms with van der Waals surface area (Å²) < 4.78 is 6.81. The van der Waals surface area contributed by atoms with E-state index in [2.05, 4.69) is 25.5 Å². The summed E-state index contributed by atoms with van der Waals surface area (Å²) in [4.78, 5) is 16.7. The lowest BCUT2D eigenvalue weighted by Crippen LogP contribution is -2.05. The largest absolute Gasteiger partial charge is 0.453 e. The van der Waals surface area contributed by atoms with Crippen LogP contribution in [-0.2, 0) is 11.3 Å². The molecule has 0 saturated heterocycles. The molecule has 8 nitrogen and oxygen atoms in total. The Bertz CT molecular complexity index is 1120. The standard InChI is InChI=1S/C19H16N6O2S/c1-12-8-9-16(13(2)20-12)25-10-15(21-24-25)19(26)27-11-17-22-23-18(28-17)14-6-4-3-5-7-14/h3-10H,11H2,1-2H3. The highest BCUT2D eigenvalue weighted by Gasteiger charge is 2.16. The molecule has 0 aliphatic rings. The predicted molar refractivity (Wildman–Crippen MR) is 103 cm³/mol. The number of benzene rings is 1. The van der Waals surface area contributed by atoms with Crippen LogP contribution in [0, 0.1) is 13.8 Å². The van der Waals surface area contributed by atoms with Crippen molar-refractivity contribution < 1.29 is 9.53 Å². The molecule has 0 aliphatic heterocycles. The minimum Gasteiger partial charge on any atom is -0.453 e. The lowest BCUT2D eigenvalue weighted by Gasteiger charge is -2.04. The third-order valence-corrected chi connectivity index (χ3v) is 4.91. The van der Waals surface area contributed by atoms with Gasteiger partial charge in [0.05, 0.1) is 17.6 Å². The summed E-state index contributed by atoms with van der Waals surface area (Å²) in [6.45, 7) is 3.82. The molecule has 4 aromatic rings. The molecule has 0 unspecified atom stereocenters. The molecule has 0 aliphatic carbocycles. The van der Waals surface area contributed by atoms with E-state index in [0.29, 0.717) is 5.01 Å². The van der Waals surface area contributed by atoms with E-state index < -0.39 is 5.97 Å². The number of pyridine rings is 1. The topological polar surface area (TPSA) is 95.7 Å². The summed E-state index contributed by atoms with van der Waals surface area (Å²) >= 11 is 1.38. The van der Waals surface area contributed by atoms with Gasteiger partial charge in [0.1, 0.15) is 11.6 Å². The van der Waals surface area contributed by atoms with E-state index in [9.17, 15) is 4.79 Å². The number of aromatic nitrogens is 6. The van der Waals surface area contributed by atoms with Crippen LogP contribution >= 0.6 is 11.3 Å². The summed E-state index contributed by atoms with van der Waals surface area (Å²) in [5.74, 6) is -0.569. The van der Waals surface area contributed by atoms with Crippen molar-refractivity contribution in [1.82, 2.24) is 30.2 Å². The number of aryl methyl sites for hydroxylation is 2. The van der Waals surface area contributed by atoms with Crippen LogP contribution in [0.3, 0.4) is 0 Å². The van der Waals surface area contributed by atoms with Crippen LogP contribution in [0.5, 0.6) is 0 Å². The van der Waals surface area contributed by atoms with Crippen LogP contribution in [-0.4, -0.2) is 36.1 Å². The Kier molecular flexibility index (Phi) is 4.90. The Morgan fingerprint density at radius 3 is 2.68 bits per heavy atom. The van der Waals surface area contributed by atoms with Gasteiger partial charge in [0.2, 0.25) is 0 Å². The average molecular weight is 392 g/mol. The van der Waals surface area contributed by atoms with Gasteiger partial charge in [0, 0.05) is 11.3 Å². The smallest absolute Gasteiger partial charge is 0.360 e. The number of hydrogen-bond acceptors (Lipinski definition) is 8. The SMILES string of the molecule is Cc1ccc(-n2cc(C(=O)OCc3nnc(-c4ccccc4)s3)nn2)c(C)n1. The first-order valence-electron chi connectivity index (χ1n) is 8.52. The molecule has 0 atom stereocenters. The van der Waals surface area contributed by atoms with Crippen molar-refractivity contribution in [3.63, 3.8) is 0 Å². The highest BCUT2D eigenvalue weighted by atomic mass is 32.1. The van der Waals surface area contributed by atoms with E-state index in [1.807, 2.05) is 56.3 Å². The third-order valence-electron chi connectivity index (χ3n) is 3.96. The molecule has 0 radical (unpaired) electrons. The number of esters is 1.